The lowest BCUT2D eigenvalue weighted by Crippen LogP contribution is -2.27. The van der Waals surface area contributed by atoms with Gasteiger partial charge in [0.05, 0.1) is 12.9 Å². The number of benzene rings is 3. The molecule has 8 heteroatoms. The minimum absolute atomic E-state index is 0. The van der Waals surface area contributed by atoms with Crippen LogP contribution in [0.2, 0.25) is 0 Å². The number of fused-ring (bicyclic) bond motifs is 1. The number of amides is 1. The fourth-order valence-electron chi connectivity index (χ4n) is 3.52. The average Bonchev–Trinajstić information content (AvgIpc) is 2.91. The molecule has 0 aliphatic rings. The normalized spacial score (nSPS) is 14.6. The first kappa shape index (κ1) is 19.7. The van der Waals surface area contributed by atoms with E-state index < -0.39 is 31.2 Å². The SMILES string of the molecule is Cl.Cl.[2H]c1nccc2cc(NC(=O)C(CN)c3ccc(COC(=O)c4ccc(C([2H])([2H])[2H])cc4C([2H])([2H])[2H])cc3)ccc12. The van der Waals surface area contributed by atoms with Gasteiger partial charge in [-0.1, -0.05) is 48.0 Å². The van der Waals surface area contributed by atoms with Crippen molar-refractivity contribution in [2.45, 2.75) is 26.2 Å². The lowest BCUT2D eigenvalue weighted by molar-refractivity contribution is -0.117. The molecule has 1 unspecified atom stereocenters. The van der Waals surface area contributed by atoms with Crippen molar-refractivity contribution >= 4 is 53.2 Å². The van der Waals surface area contributed by atoms with Gasteiger partial charge in [-0.3, -0.25) is 9.78 Å². The second-order valence-corrected chi connectivity index (χ2v) is 7.71. The number of anilines is 1. The number of aromatic nitrogens is 1. The summed E-state index contributed by atoms with van der Waals surface area (Å²) in [6, 6.07) is 17.0. The Morgan fingerprint density at radius 3 is 2.56 bits per heavy atom. The Labute approximate surface area is 232 Å². The van der Waals surface area contributed by atoms with Gasteiger partial charge in [0.2, 0.25) is 5.91 Å². The molecule has 0 saturated heterocycles. The average molecular weight is 534 g/mol. The predicted octanol–water partition coefficient (Wildman–Crippen LogP) is 5.73. The smallest absolute Gasteiger partial charge is 0.338 e. The molecule has 0 spiro atoms. The number of halogens is 2. The third kappa shape index (κ3) is 6.82. The number of nitrogens with two attached hydrogens (primary N) is 1. The van der Waals surface area contributed by atoms with E-state index in [1.165, 1.54) is 12.3 Å². The molecule has 0 aliphatic carbocycles. The third-order valence-corrected chi connectivity index (χ3v) is 5.38. The minimum atomic E-state index is -2.72. The zero-order chi connectivity index (χ0) is 29.9. The summed E-state index contributed by atoms with van der Waals surface area (Å²) >= 11 is 0. The molecule has 4 aromatic rings. The number of hydrogen-bond donors (Lipinski definition) is 2. The highest BCUT2D eigenvalue weighted by atomic mass is 35.5. The molecule has 3 N–H and O–H groups in total. The highest BCUT2D eigenvalue weighted by molar-refractivity contribution is 5.98. The molecule has 4 rings (SSSR count). The number of carbonyl (C=O) groups is 2. The van der Waals surface area contributed by atoms with Crippen molar-refractivity contribution in [3.8, 4) is 0 Å². The lowest BCUT2D eigenvalue weighted by Gasteiger charge is -2.16. The van der Waals surface area contributed by atoms with Crippen LogP contribution in [-0.2, 0) is 16.1 Å². The molecule has 0 saturated carbocycles. The number of nitrogens with one attached hydrogen (secondary N) is 1. The Morgan fingerprint density at radius 1 is 1.03 bits per heavy atom. The van der Waals surface area contributed by atoms with Crippen molar-refractivity contribution in [1.82, 2.24) is 4.98 Å². The predicted molar refractivity (Wildman–Crippen MR) is 148 cm³/mol. The van der Waals surface area contributed by atoms with E-state index in [-0.39, 0.29) is 61.2 Å². The van der Waals surface area contributed by atoms with Crippen molar-refractivity contribution < 1.29 is 23.9 Å². The van der Waals surface area contributed by atoms with E-state index >= 15 is 0 Å². The minimum Gasteiger partial charge on any atom is -0.457 e. The fraction of sp³-hybridized carbons (Fsp3) is 0.179. The van der Waals surface area contributed by atoms with Crippen LogP contribution in [0.5, 0.6) is 0 Å². The van der Waals surface area contributed by atoms with E-state index in [0.717, 1.165) is 17.5 Å². The van der Waals surface area contributed by atoms with Crippen LogP contribution in [0.15, 0.2) is 79.1 Å². The molecule has 6 nitrogen and oxygen atoms in total. The summed E-state index contributed by atoms with van der Waals surface area (Å²) in [5.41, 5.74) is 6.87. The van der Waals surface area contributed by atoms with Crippen LogP contribution in [-0.4, -0.2) is 23.4 Å². The van der Waals surface area contributed by atoms with Crippen LogP contribution in [0.25, 0.3) is 10.8 Å². The molecular formula is C28H29Cl2N3O3. The van der Waals surface area contributed by atoms with E-state index in [9.17, 15) is 9.59 Å². The van der Waals surface area contributed by atoms with Gasteiger partial charge in [0.25, 0.3) is 0 Å². The van der Waals surface area contributed by atoms with Gasteiger partial charge in [-0.05, 0) is 60.0 Å². The second-order valence-electron chi connectivity index (χ2n) is 7.71. The van der Waals surface area contributed by atoms with Crippen molar-refractivity contribution in [1.29, 1.82) is 0 Å². The van der Waals surface area contributed by atoms with Gasteiger partial charge in [-0.15, -0.1) is 24.8 Å². The van der Waals surface area contributed by atoms with Gasteiger partial charge in [0.1, 0.15) is 6.61 Å². The van der Waals surface area contributed by atoms with Crippen molar-refractivity contribution in [2.75, 3.05) is 11.9 Å². The van der Waals surface area contributed by atoms with E-state index in [4.69, 9.17) is 20.1 Å². The van der Waals surface area contributed by atoms with E-state index in [2.05, 4.69) is 10.3 Å². The number of rotatable bonds is 7. The zero-order valence-electron chi connectivity index (χ0n) is 26.0. The first-order chi connectivity index (χ1) is 19.3. The van der Waals surface area contributed by atoms with Gasteiger partial charge in [-0.25, -0.2) is 4.79 Å². The number of nitrogens with zero attached hydrogens (tertiary/aromatic N) is 1. The Hall–Kier alpha value is -3.45. The molecule has 0 aliphatic heterocycles. The number of aryl methyl sites for hydroxylation is 2. The Kier molecular flexibility index (Phi) is 7.13. The van der Waals surface area contributed by atoms with Gasteiger partial charge in [0.15, 0.2) is 0 Å². The maximum atomic E-state index is 13.0. The maximum Gasteiger partial charge on any atom is 0.338 e. The molecule has 0 radical (unpaired) electrons. The Morgan fingerprint density at radius 2 is 1.83 bits per heavy atom. The number of esters is 1. The Balaban J connectivity index is 0.00000323. The van der Waals surface area contributed by atoms with Crippen LogP contribution in [0.1, 0.15) is 48.1 Å². The largest absolute Gasteiger partial charge is 0.457 e. The zero-order valence-corrected chi connectivity index (χ0v) is 20.6. The van der Waals surface area contributed by atoms with Crippen LogP contribution >= 0.6 is 24.8 Å². The van der Waals surface area contributed by atoms with E-state index in [1.54, 1.807) is 48.5 Å². The van der Waals surface area contributed by atoms with E-state index in [0.29, 0.717) is 22.2 Å². The van der Waals surface area contributed by atoms with Crippen molar-refractivity contribution in [3.63, 3.8) is 0 Å². The van der Waals surface area contributed by atoms with Gasteiger partial charge >= 0.3 is 5.97 Å². The quantitative estimate of drug-likeness (QED) is 0.296. The van der Waals surface area contributed by atoms with Gasteiger partial charge in [0, 0.05) is 38.2 Å². The molecule has 0 fully saturated rings. The molecule has 1 amide bonds. The lowest BCUT2D eigenvalue weighted by atomic mass is 9.97. The number of carbonyl (C=O) groups excluding carboxylic acids is 2. The third-order valence-electron chi connectivity index (χ3n) is 5.38. The Bertz CT molecular complexity index is 1600. The summed E-state index contributed by atoms with van der Waals surface area (Å²) in [7, 11) is 0. The number of hydrogen-bond acceptors (Lipinski definition) is 5. The summed E-state index contributed by atoms with van der Waals surface area (Å²) in [6.07, 6.45) is 1.68. The van der Waals surface area contributed by atoms with Crippen LogP contribution < -0.4 is 11.1 Å². The maximum absolute atomic E-state index is 13.0. The standard InChI is InChI=1S/C28H27N3O3.2ClH/c1-18-3-10-25(19(2)13-18)28(33)34-17-20-4-6-21(7-5-20)26(15-29)27(32)31-24-9-8-23-16-30-12-11-22(23)14-24;;/h3-14,16,26H,15,17,29H2,1-2H3,(H,31,32);2*1H/i1D3,2D3,16D;;. The number of pyridine rings is 1. The molecule has 188 valence electrons. The monoisotopic (exact) mass is 532 g/mol. The van der Waals surface area contributed by atoms with E-state index in [1.807, 2.05) is 0 Å². The van der Waals surface area contributed by atoms with Gasteiger partial charge < -0.3 is 15.8 Å². The highest BCUT2D eigenvalue weighted by Crippen LogP contribution is 2.22. The summed E-state index contributed by atoms with van der Waals surface area (Å²) < 4.78 is 58.9. The summed E-state index contributed by atoms with van der Waals surface area (Å²) in [4.78, 5) is 29.7. The van der Waals surface area contributed by atoms with Crippen LogP contribution in [0.3, 0.4) is 0 Å². The molecule has 1 aromatic heterocycles. The molecule has 0 bridgehead atoms. The molecule has 1 atom stereocenters. The summed E-state index contributed by atoms with van der Waals surface area (Å²) in [5, 5.41) is 4.29. The first-order valence-electron chi connectivity index (χ1n) is 14.0. The molecule has 1 heterocycles. The van der Waals surface area contributed by atoms with Crippen LogP contribution in [0.4, 0.5) is 5.69 Å². The molecular weight excluding hydrogens is 497 g/mol. The second kappa shape index (κ2) is 13.0. The van der Waals surface area contributed by atoms with Crippen LogP contribution in [0, 0.1) is 13.7 Å². The first-order valence-corrected chi connectivity index (χ1v) is 10.5. The van der Waals surface area contributed by atoms with Crippen molar-refractivity contribution in [2.24, 2.45) is 5.73 Å². The topological polar surface area (TPSA) is 94.3 Å². The molecule has 36 heavy (non-hydrogen) atoms. The van der Waals surface area contributed by atoms with Gasteiger partial charge in [-0.2, -0.15) is 0 Å². The molecule has 3 aromatic carbocycles. The highest BCUT2D eigenvalue weighted by Gasteiger charge is 2.19. The summed E-state index contributed by atoms with van der Waals surface area (Å²) in [5.74, 6) is -1.88. The fourth-order valence-corrected chi connectivity index (χ4v) is 3.52. The number of ether oxygens (including phenoxy) is 1. The summed E-state index contributed by atoms with van der Waals surface area (Å²) in [6.45, 7) is -5.38. The van der Waals surface area contributed by atoms with Crippen molar-refractivity contribution in [3.05, 3.63) is 107 Å².